The first-order valence-corrected chi connectivity index (χ1v) is 15.3. The largest absolute Gasteiger partial charge is 0.355 e. The van der Waals surface area contributed by atoms with Gasteiger partial charge in [-0.25, -0.2) is 17.9 Å². The summed E-state index contributed by atoms with van der Waals surface area (Å²) in [6.07, 6.45) is 6.00. The summed E-state index contributed by atoms with van der Waals surface area (Å²) in [5.41, 5.74) is 4.28. The second-order valence-electron chi connectivity index (χ2n) is 11.0. The highest BCUT2D eigenvalue weighted by molar-refractivity contribution is 7.93. The van der Waals surface area contributed by atoms with Crippen molar-refractivity contribution in [2.24, 2.45) is 5.92 Å². The van der Waals surface area contributed by atoms with Crippen LogP contribution in [0.15, 0.2) is 30.5 Å². The molecule has 1 amide bonds. The van der Waals surface area contributed by atoms with E-state index in [9.17, 15) is 18.5 Å². The molecule has 0 radical (unpaired) electrons. The first-order chi connectivity index (χ1) is 18.7. The number of piperidine rings is 1. The highest BCUT2D eigenvalue weighted by Crippen LogP contribution is 2.36. The van der Waals surface area contributed by atoms with E-state index in [0.29, 0.717) is 43.0 Å². The Morgan fingerprint density at radius 2 is 1.92 bits per heavy atom. The molecule has 11 heteroatoms. The van der Waals surface area contributed by atoms with Gasteiger partial charge in [0.05, 0.1) is 40.7 Å². The normalized spacial score (nSPS) is 22.9. The van der Waals surface area contributed by atoms with Crippen molar-refractivity contribution in [1.29, 1.82) is 5.26 Å². The lowest BCUT2D eigenvalue weighted by atomic mass is 9.97. The second-order valence-corrected chi connectivity index (χ2v) is 13.0. The number of carbonyl (C=O) groups excluding carboxylic acids is 1. The molecule has 3 saturated heterocycles. The molecule has 5 heterocycles. The van der Waals surface area contributed by atoms with Gasteiger partial charge in [-0.1, -0.05) is 11.6 Å². The topological polar surface area (TPSA) is 115 Å². The molecule has 3 aliphatic rings. The minimum atomic E-state index is -3.43. The van der Waals surface area contributed by atoms with Crippen LogP contribution in [0.1, 0.15) is 65.3 Å². The van der Waals surface area contributed by atoms with Crippen LogP contribution in [0.5, 0.6) is 0 Å². The zero-order valence-electron chi connectivity index (χ0n) is 22.4. The molecule has 0 bridgehead atoms. The first kappa shape index (κ1) is 25.6. The SMILES string of the molecule is Cc1ccc(N2CCCS2(=O)=O)c(C(=O)N2CCCCC2c2cc3nc(N4CCC(C#N)C4)c(C)cn3n2)c1. The van der Waals surface area contributed by atoms with E-state index in [1.165, 1.54) is 4.31 Å². The van der Waals surface area contributed by atoms with Crippen molar-refractivity contribution in [3.63, 3.8) is 0 Å². The van der Waals surface area contributed by atoms with Crippen LogP contribution in [-0.2, 0) is 10.0 Å². The molecule has 39 heavy (non-hydrogen) atoms. The fraction of sp³-hybridized carbons (Fsp3) is 0.500. The van der Waals surface area contributed by atoms with Gasteiger partial charge in [0.1, 0.15) is 5.82 Å². The van der Waals surface area contributed by atoms with Gasteiger partial charge in [-0.05, 0) is 58.1 Å². The van der Waals surface area contributed by atoms with Gasteiger partial charge in [-0.3, -0.25) is 9.10 Å². The number of aryl methyl sites for hydroxylation is 2. The number of rotatable bonds is 4. The maximum atomic E-state index is 14.1. The van der Waals surface area contributed by atoms with E-state index in [4.69, 9.17) is 10.1 Å². The number of benzene rings is 1. The quantitative estimate of drug-likeness (QED) is 0.490. The van der Waals surface area contributed by atoms with Crippen molar-refractivity contribution in [2.75, 3.05) is 41.1 Å². The van der Waals surface area contributed by atoms with Crippen LogP contribution in [0, 0.1) is 31.1 Å². The minimum absolute atomic E-state index is 0.0202. The van der Waals surface area contributed by atoms with Crippen molar-refractivity contribution < 1.29 is 13.2 Å². The van der Waals surface area contributed by atoms with Crippen molar-refractivity contribution in [3.8, 4) is 6.07 Å². The van der Waals surface area contributed by atoms with E-state index in [-0.39, 0.29) is 23.6 Å². The summed E-state index contributed by atoms with van der Waals surface area (Å²) in [6, 6.07) is 9.53. The fourth-order valence-electron chi connectivity index (χ4n) is 6.15. The number of sulfonamides is 1. The molecular formula is C28H33N7O3S. The van der Waals surface area contributed by atoms with E-state index in [2.05, 4.69) is 11.0 Å². The number of likely N-dealkylation sites (tertiary alicyclic amines) is 1. The van der Waals surface area contributed by atoms with Gasteiger partial charge in [-0.15, -0.1) is 0 Å². The Morgan fingerprint density at radius 3 is 2.67 bits per heavy atom. The third-order valence-electron chi connectivity index (χ3n) is 8.15. The average molecular weight is 548 g/mol. The number of nitriles is 1. The minimum Gasteiger partial charge on any atom is -0.355 e. The van der Waals surface area contributed by atoms with Gasteiger partial charge in [0.25, 0.3) is 5.91 Å². The lowest BCUT2D eigenvalue weighted by molar-refractivity contribution is 0.0606. The first-order valence-electron chi connectivity index (χ1n) is 13.7. The lowest BCUT2D eigenvalue weighted by Gasteiger charge is -2.35. The molecule has 3 aromatic rings. The molecular weight excluding hydrogens is 514 g/mol. The zero-order chi connectivity index (χ0) is 27.3. The molecule has 0 saturated carbocycles. The van der Waals surface area contributed by atoms with Crippen LogP contribution < -0.4 is 9.21 Å². The Morgan fingerprint density at radius 1 is 1.08 bits per heavy atom. The Bertz CT molecular complexity index is 1590. The summed E-state index contributed by atoms with van der Waals surface area (Å²) in [5.74, 6) is 0.832. The summed E-state index contributed by atoms with van der Waals surface area (Å²) in [7, 11) is -3.43. The molecule has 3 fully saturated rings. The van der Waals surface area contributed by atoms with Crippen LogP contribution in [-0.4, -0.2) is 65.8 Å². The Kier molecular flexibility index (Phi) is 6.46. The number of fused-ring (bicyclic) bond motifs is 1. The smallest absolute Gasteiger partial charge is 0.256 e. The van der Waals surface area contributed by atoms with E-state index in [1.807, 2.05) is 43.1 Å². The number of aromatic nitrogens is 3. The van der Waals surface area contributed by atoms with E-state index in [0.717, 1.165) is 54.9 Å². The molecule has 204 valence electrons. The standard InChI is InChI=1S/C28H33N7O3S/c1-19-7-8-24(35-11-5-13-39(35,37)38)22(14-19)28(36)33-10-4-3-6-25(33)23-15-26-30-27(20(2)17-34(26)31-23)32-12-9-21(16-29)18-32/h7-8,14-15,17,21,25H,3-6,9-13,18H2,1-2H3. The van der Waals surface area contributed by atoms with Crippen LogP contribution in [0.25, 0.3) is 5.65 Å². The maximum absolute atomic E-state index is 14.1. The molecule has 0 N–H and O–H groups in total. The number of carbonyl (C=O) groups is 1. The molecule has 0 spiro atoms. The summed E-state index contributed by atoms with van der Waals surface area (Å²) < 4.78 is 28.6. The number of anilines is 2. The molecule has 0 aliphatic carbocycles. The fourth-order valence-corrected chi connectivity index (χ4v) is 7.73. The molecule has 2 aromatic heterocycles. The van der Waals surface area contributed by atoms with Crippen LogP contribution in [0.2, 0.25) is 0 Å². The third-order valence-corrected chi connectivity index (χ3v) is 10.0. The monoisotopic (exact) mass is 547 g/mol. The van der Waals surface area contributed by atoms with Crippen molar-refractivity contribution in [1.82, 2.24) is 19.5 Å². The number of hydrogen-bond acceptors (Lipinski definition) is 7. The lowest BCUT2D eigenvalue weighted by Crippen LogP contribution is -2.39. The van der Waals surface area contributed by atoms with Gasteiger partial charge >= 0.3 is 0 Å². The number of amides is 1. The molecule has 2 unspecified atom stereocenters. The van der Waals surface area contributed by atoms with Gasteiger partial charge in [0.2, 0.25) is 10.0 Å². The predicted octanol–water partition coefficient (Wildman–Crippen LogP) is 3.60. The van der Waals surface area contributed by atoms with Crippen LogP contribution in [0.4, 0.5) is 11.5 Å². The second kappa shape index (κ2) is 9.83. The Balaban J connectivity index is 1.34. The van der Waals surface area contributed by atoms with Gasteiger partial charge in [0, 0.05) is 44.0 Å². The summed E-state index contributed by atoms with van der Waals surface area (Å²) >= 11 is 0. The van der Waals surface area contributed by atoms with Crippen LogP contribution >= 0.6 is 0 Å². The summed E-state index contributed by atoms with van der Waals surface area (Å²) in [5, 5.41) is 14.2. The number of nitrogens with zero attached hydrogens (tertiary/aromatic N) is 7. The zero-order valence-corrected chi connectivity index (χ0v) is 23.2. The van der Waals surface area contributed by atoms with Gasteiger partial charge in [0.15, 0.2) is 5.65 Å². The van der Waals surface area contributed by atoms with Crippen LogP contribution in [0.3, 0.4) is 0 Å². The predicted molar refractivity (Wildman–Crippen MR) is 148 cm³/mol. The van der Waals surface area contributed by atoms with Crippen molar-refractivity contribution in [2.45, 2.75) is 52.0 Å². The van der Waals surface area contributed by atoms with E-state index < -0.39 is 10.0 Å². The average Bonchev–Trinajstić information content (AvgIpc) is 3.65. The highest BCUT2D eigenvalue weighted by Gasteiger charge is 2.36. The number of hydrogen-bond donors (Lipinski definition) is 0. The Labute approximate surface area is 228 Å². The van der Waals surface area contributed by atoms with Crippen molar-refractivity contribution in [3.05, 3.63) is 52.8 Å². The van der Waals surface area contributed by atoms with Gasteiger partial charge < -0.3 is 9.80 Å². The van der Waals surface area contributed by atoms with E-state index >= 15 is 0 Å². The molecule has 10 nitrogen and oxygen atoms in total. The summed E-state index contributed by atoms with van der Waals surface area (Å²) in [6.45, 7) is 6.38. The summed E-state index contributed by atoms with van der Waals surface area (Å²) in [4.78, 5) is 23.0. The van der Waals surface area contributed by atoms with Gasteiger partial charge in [-0.2, -0.15) is 10.4 Å². The van der Waals surface area contributed by atoms with Crippen molar-refractivity contribution >= 4 is 33.1 Å². The Hall–Kier alpha value is -3.65. The molecule has 3 aliphatic heterocycles. The highest BCUT2D eigenvalue weighted by atomic mass is 32.2. The molecule has 1 aromatic carbocycles. The third kappa shape index (κ3) is 4.61. The molecule has 2 atom stereocenters. The maximum Gasteiger partial charge on any atom is 0.256 e. The van der Waals surface area contributed by atoms with E-state index in [1.54, 1.807) is 10.6 Å². The molecule has 6 rings (SSSR count).